The molecule has 180 valence electrons. The van der Waals surface area contributed by atoms with Crippen molar-refractivity contribution in [2.24, 2.45) is 11.8 Å². The maximum atomic E-state index is 11.6. The second-order valence-corrected chi connectivity index (χ2v) is 9.88. The minimum atomic E-state index is -0.309. The van der Waals surface area contributed by atoms with Gasteiger partial charge in [0.2, 0.25) is 0 Å². The van der Waals surface area contributed by atoms with Crippen LogP contribution in [-0.2, 0) is 22.4 Å². The minimum Gasteiger partial charge on any atom is -0.462 e. The van der Waals surface area contributed by atoms with Gasteiger partial charge in [-0.25, -0.2) is 4.79 Å². The third-order valence-electron chi connectivity index (χ3n) is 7.29. The van der Waals surface area contributed by atoms with Gasteiger partial charge in [0.1, 0.15) is 0 Å². The van der Waals surface area contributed by atoms with Crippen LogP contribution in [0.1, 0.15) is 108 Å². The number of aryl methyl sites for hydroxylation is 2. The molecule has 0 radical (unpaired) electrons. The summed E-state index contributed by atoms with van der Waals surface area (Å²) >= 11 is 0. The lowest BCUT2D eigenvalue weighted by Crippen LogP contribution is -2.19. The second kappa shape index (κ2) is 14.5. The SMILES string of the molecule is C=C(C)C(=O)OCCC(CCO)CC1CCC(c2ccc(CCCCC)c(CC)c2)CC1. The molecule has 1 aliphatic carbocycles. The van der Waals surface area contributed by atoms with E-state index in [1.165, 1.54) is 56.9 Å². The van der Waals surface area contributed by atoms with E-state index in [0.717, 1.165) is 31.6 Å². The number of aliphatic hydroxyl groups is 1. The first-order valence-electron chi connectivity index (χ1n) is 13.0. The fourth-order valence-corrected chi connectivity index (χ4v) is 5.25. The standard InChI is InChI=1S/C29H46O3/c1-5-7-8-9-26-14-15-28(21-25(26)6-2)27-12-10-23(11-13-27)20-24(16-18-30)17-19-32-29(31)22(3)4/h14-15,21,23-24,27,30H,3,5-13,16-20H2,1-2,4H3. The van der Waals surface area contributed by atoms with Crippen molar-refractivity contribution in [1.29, 1.82) is 0 Å². The van der Waals surface area contributed by atoms with Gasteiger partial charge in [0.25, 0.3) is 0 Å². The molecule has 2 rings (SSSR count). The minimum absolute atomic E-state index is 0.207. The molecular weight excluding hydrogens is 396 g/mol. The van der Waals surface area contributed by atoms with Crippen molar-refractivity contribution in [1.82, 2.24) is 0 Å². The number of carbonyl (C=O) groups excluding carboxylic acids is 1. The number of carbonyl (C=O) groups is 1. The summed E-state index contributed by atoms with van der Waals surface area (Å²) in [4.78, 5) is 11.6. The summed E-state index contributed by atoms with van der Waals surface area (Å²) in [7, 11) is 0. The van der Waals surface area contributed by atoms with E-state index in [9.17, 15) is 9.90 Å². The predicted octanol–water partition coefficient (Wildman–Crippen LogP) is 7.15. The van der Waals surface area contributed by atoms with Crippen LogP contribution >= 0.6 is 0 Å². The summed E-state index contributed by atoms with van der Waals surface area (Å²) in [6.07, 6.45) is 14.1. The van der Waals surface area contributed by atoms with Crippen LogP contribution in [0.4, 0.5) is 0 Å². The van der Waals surface area contributed by atoms with E-state index in [1.54, 1.807) is 18.1 Å². The van der Waals surface area contributed by atoms with Crippen LogP contribution in [0.2, 0.25) is 0 Å². The molecule has 0 aromatic heterocycles. The third kappa shape index (κ3) is 8.73. The van der Waals surface area contributed by atoms with Crippen molar-refractivity contribution >= 4 is 5.97 Å². The Morgan fingerprint density at radius 3 is 2.50 bits per heavy atom. The van der Waals surface area contributed by atoms with Gasteiger partial charge in [0, 0.05) is 12.2 Å². The summed E-state index contributed by atoms with van der Waals surface area (Å²) in [6, 6.07) is 7.30. The normalized spacial score (nSPS) is 19.5. The van der Waals surface area contributed by atoms with Crippen LogP contribution < -0.4 is 0 Å². The zero-order chi connectivity index (χ0) is 23.3. The lowest BCUT2D eigenvalue weighted by atomic mass is 9.74. The van der Waals surface area contributed by atoms with E-state index in [-0.39, 0.29) is 12.6 Å². The van der Waals surface area contributed by atoms with Crippen LogP contribution in [0, 0.1) is 11.8 Å². The molecular formula is C29H46O3. The Balaban J connectivity index is 1.84. The molecule has 3 nitrogen and oxygen atoms in total. The number of aliphatic hydroxyl groups excluding tert-OH is 1. The molecule has 0 amide bonds. The van der Waals surface area contributed by atoms with Crippen molar-refractivity contribution in [3.8, 4) is 0 Å². The Kier molecular flexibility index (Phi) is 12.1. The zero-order valence-electron chi connectivity index (χ0n) is 20.8. The molecule has 1 aromatic rings. The molecule has 0 bridgehead atoms. The Morgan fingerprint density at radius 1 is 1.12 bits per heavy atom. The van der Waals surface area contributed by atoms with Crippen molar-refractivity contribution in [2.75, 3.05) is 13.2 Å². The quantitative estimate of drug-likeness (QED) is 0.189. The summed E-state index contributed by atoms with van der Waals surface area (Å²) in [6.45, 7) is 10.5. The lowest BCUT2D eigenvalue weighted by molar-refractivity contribution is -0.139. The van der Waals surface area contributed by atoms with E-state index < -0.39 is 0 Å². The lowest BCUT2D eigenvalue weighted by Gasteiger charge is -2.31. The first kappa shape index (κ1) is 26.6. The van der Waals surface area contributed by atoms with Gasteiger partial charge < -0.3 is 9.84 Å². The van der Waals surface area contributed by atoms with Crippen LogP contribution in [-0.4, -0.2) is 24.3 Å². The first-order chi connectivity index (χ1) is 15.5. The summed E-state index contributed by atoms with van der Waals surface area (Å²) in [5.74, 6) is 1.53. The molecule has 3 heteroatoms. The van der Waals surface area contributed by atoms with Gasteiger partial charge in [0.15, 0.2) is 0 Å². The van der Waals surface area contributed by atoms with Gasteiger partial charge in [0.05, 0.1) is 6.61 Å². The van der Waals surface area contributed by atoms with E-state index in [4.69, 9.17) is 4.74 Å². The summed E-state index contributed by atoms with van der Waals surface area (Å²) < 4.78 is 5.29. The van der Waals surface area contributed by atoms with Crippen LogP contribution in [0.15, 0.2) is 30.4 Å². The number of esters is 1. The Hall–Kier alpha value is -1.61. The fraction of sp³-hybridized carbons (Fsp3) is 0.690. The Bertz CT molecular complexity index is 700. The zero-order valence-corrected chi connectivity index (χ0v) is 20.8. The van der Waals surface area contributed by atoms with Gasteiger partial charge >= 0.3 is 5.97 Å². The van der Waals surface area contributed by atoms with Crippen molar-refractivity contribution in [3.05, 3.63) is 47.0 Å². The van der Waals surface area contributed by atoms with Crippen LogP contribution in [0.5, 0.6) is 0 Å². The van der Waals surface area contributed by atoms with Crippen molar-refractivity contribution < 1.29 is 14.6 Å². The second-order valence-electron chi connectivity index (χ2n) is 9.88. The molecule has 0 saturated heterocycles. The molecule has 32 heavy (non-hydrogen) atoms. The van der Waals surface area contributed by atoms with Crippen LogP contribution in [0.25, 0.3) is 0 Å². The van der Waals surface area contributed by atoms with Gasteiger partial charge in [-0.05, 0) is 106 Å². The highest BCUT2D eigenvalue weighted by Crippen LogP contribution is 2.39. The number of ether oxygens (including phenoxy) is 1. The predicted molar refractivity (Wildman–Crippen MR) is 134 cm³/mol. The van der Waals surface area contributed by atoms with E-state index >= 15 is 0 Å². The van der Waals surface area contributed by atoms with E-state index in [2.05, 4.69) is 38.6 Å². The fourth-order valence-electron chi connectivity index (χ4n) is 5.25. The highest BCUT2D eigenvalue weighted by atomic mass is 16.5. The number of rotatable bonds is 14. The van der Waals surface area contributed by atoms with E-state index in [0.29, 0.717) is 24.0 Å². The Morgan fingerprint density at radius 2 is 1.88 bits per heavy atom. The molecule has 0 heterocycles. The van der Waals surface area contributed by atoms with Crippen molar-refractivity contribution in [3.63, 3.8) is 0 Å². The highest BCUT2D eigenvalue weighted by molar-refractivity contribution is 5.86. The topological polar surface area (TPSA) is 46.5 Å². The number of unbranched alkanes of at least 4 members (excludes halogenated alkanes) is 2. The number of hydrogen-bond acceptors (Lipinski definition) is 3. The largest absolute Gasteiger partial charge is 0.462 e. The molecule has 0 aliphatic heterocycles. The van der Waals surface area contributed by atoms with E-state index in [1.807, 2.05) is 0 Å². The van der Waals surface area contributed by atoms with Gasteiger partial charge in [-0.15, -0.1) is 0 Å². The van der Waals surface area contributed by atoms with Gasteiger partial charge in [-0.1, -0.05) is 51.5 Å². The number of benzene rings is 1. The molecule has 1 aliphatic rings. The molecule has 1 N–H and O–H groups in total. The monoisotopic (exact) mass is 442 g/mol. The summed E-state index contributed by atoms with van der Waals surface area (Å²) in [5, 5.41) is 9.47. The molecule has 1 atom stereocenters. The smallest absolute Gasteiger partial charge is 0.333 e. The summed E-state index contributed by atoms with van der Waals surface area (Å²) in [5.41, 5.74) is 5.09. The van der Waals surface area contributed by atoms with Crippen LogP contribution in [0.3, 0.4) is 0 Å². The first-order valence-corrected chi connectivity index (χ1v) is 13.0. The molecule has 1 fully saturated rings. The number of hydrogen-bond donors (Lipinski definition) is 1. The average Bonchev–Trinajstić information content (AvgIpc) is 2.80. The maximum Gasteiger partial charge on any atom is 0.333 e. The Labute approximate surface area is 196 Å². The molecule has 1 unspecified atom stereocenters. The van der Waals surface area contributed by atoms with Gasteiger partial charge in [-0.3, -0.25) is 0 Å². The molecule has 1 saturated carbocycles. The van der Waals surface area contributed by atoms with Gasteiger partial charge in [-0.2, -0.15) is 0 Å². The maximum absolute atomic E-state index is 11.6. The average molecular weight is 443 g/mol. The third-order valence-corrected chi connectivity index (χ3v) is 7.29. The van der Waals surface area contributed by atoms with Crippen molar-refractivity contribution in [2.45, 2.75) is 104 Å². The highest BCUT2D eigenvalue weighted by Gasteiger charge is 2.25. The molecule has 1 aromatic carbocycles. The molecule has 0 spiro atoms.